The minimum Gasteiger partial charge on any atom is -0.396 e. The van der Waals surface area contributed by atoms with Crippen LogP contribution in [0.3, 0.4) is 0 Å². The molecule has 0 spiro atoms. The first-order valence-corrected chi connectivity index (χ1v) is 6.39. The van der Waals surface area contributed by atoms with Crippen LogP contribution < -0.4 is 5.73 Å². The summed E-state index contributed by atoms with van der Waals surface area (Å²) in [5, 5.41) is 6.86. The van der Waals surface area contributed by atoms with E-state index in [0.29, 0.717) is 23.4 Å². The zero-order valence-corrected chi connectivity index (χ0v) is 11.8. The first kappa shape index (κ1) is 14.2. The van der Waals surface area contributed by atoms with Crippen molar-refractivity contribution in [3.63, 3.8) is 0 Å². The monoisotopic (exact) mass is 291 g/mol. The number of H-pyrrole nitrogens is 1. The summed E-state index contributed by atoms with van der Waals surface area (Å²) in [6, 6.07) is 1.63. The van der Waals surface area contributed by atoms with Gasteiger partial charge in [0.2, 0.25) is 0 Å². The highest BCUT2D eigenvalue weighted by atomic mass is 35.5. The number of nitrogens with two attached hydrogens (primary N) is 1. The topological polar surface area (TPSA) is 97.5 Å². The maximum atomic E-state index is 10.9. The second-order valence-corrected chi connectivity index (χ2v) is 4.92. The van der Waals surface area contributed by atoms with Gasteiger partial charge >= 0.3 is 0 Å². The van der Waals surface area contributed by atoms with Crippen molar-refractivity contribution in [3.05, 3.63) is 35.1 Å². The Balaban J connectivity index is 2.60. The number of carbonyl (C=O) groups excluding carboxylic acids is 1. The third kappa shape index (κ3) is 2.85. The van der Waals surface area contributed by atoms with Crippen LogP contribution in [-0.4, -0.2) is 26.5 Å². The first-order valence-electron chi connectivity index (χ1n) is 6.02. The van der Waals surface area contributed by atoms with Crippen molar-refractivity contribution in [2.75, 3.05) is 0 Å². The molecule has 0 saturated heterocycles. The molecule has 20 heavy (non-hydrogen) atoms. The molecule has 0 aromatic carbocycles. The Kier molecular flexibility index (Phi) is 4.14. The third-order valence-corrected chi connectivity index (χ3v) is 2.94. The molecule has 2 aromatic heterocycles. The quantitative estimate of drug-likeness (QED) is 0.510. The Labute approximate surface area is 121 Å². The third-order valence-electron chi connectivity index (χ3n) is 2.75. The van der Waals surface area contributed by atoms with Crippen LogP contribution in [-0.2, 0) is 4.79 Å². The lowest BCUT2D eigenvalue weighted by atomic mass is 10.0. The molecule has 104 valence electrons. The van der Waals surface area contributed by atoms with Gasteiger partial charge in [-0.05, 0) is 5.92 Å². The molecule has 0 aliphatic rings. The van der Waals surface area contributed by atoms with Gasteiger partial charge in [0.05, 0.1) is 17.6 Å². The number of aldehydes is 1. The van der Waals surface area contributed by atoms with Gasteiger partial charge in [0.1, 0.15) is 5.15 Å². The fourth-order valence-electron chi connectivity index (χ4n) is 1.86. The highest BCUT2D eigenvalue weighted by molar-refractivity contribution is 6.29. The van der Waals surface area contributed by atoms with Crippen LogP contribution in [0.25, 0.3) is 16.8 Å². The van der Waals surface area contributed by atoms with Crippen molar-refractivity contribution in [2.45, 2.75) is 13.8 Å². The van der Waals surface area contributed by atoms with Gasteiger partial charge in [0.15, 0.2) is 12.1 Å². The Bertz CT molecular complexity index is 649. The van der Waals surface area contributed by atoms with Gasteiger partial charge < -0.3 is 5.73 Å². The zero-order valence-electron chi connectivity index (χ0n) is 11.1. The minimum absolute atomic E-state index is 0.00383. The van der Waals surface area contributed by atoms with Crippen LogP contribution in [0.1, 0.15) is 19.7 Å². The number of carbonyl (C=O) groups is 1. The number of halogens is 1. The number of rotatable bonds is 4. The van der Waals surface area contributed by atoms with E-state index in [1.165, 1.54) is 0 Å². The maximum absolute atomic E-state index is 10.9. The molecule has 2 heterocycles. The lowest BCUT2D eigenvalue weighted by molar-refractivity contribution is -0.104. The largest absolute Gasteiger partial charge is 0.396 e. The normalized spacial score (nSPS) is 12.4. The summed E-state index contributed by atoms with van der Waals surface area (Å²) >= 11 is 6.03. The molecule has 0 amide bonds. The fraction of sp³-hybridized carbons (Fsp3) is 0.231. The van der Waals surface area contributed by atoms with Gasteiger partial charge in [-0.3, -0.25) is 9.89 Å². The molecule has 0 radical (unpaired) electrons. The van der Waals surface area contributed by atoms with E-state index in [-0.39, 0.29) is 16.8 Å². The molecule has 0 saturated carbocycles. The van der Waals surface area contributed by atoms with E-state index in [1.807, 2.05) is 13.8 Å². The molecule has 0 aliphatic heterocycles. The number of hydrogen-bond donors (Lipinski definition) is 2. The molecule has 0 unspecified atom stereocenters. The molecule has 3 N–H and O–H groups in total. The fourth-order valence-corrected chi connectivity index (χ4v) is 2.04. The summed E-state index contributed by atoms with van der Waals surface area (Å²) in [4.78, 5) is 19.5. The van der Waals surface area contributed by atoms with Crippen LogP contribution in [0, 0.1) is 5.92 Å². The van der Waals surface area contributed by atoms with E-state index in [9.17, 15) is 4.79 Å². The molecule has 0 bridgehead atoms. The molecule has 0 aliphatic carbocycles. The van der Waals surface area contributed by atoms with Gasteiger partial charge in [-0.25, -0.2) is 9.97 Å². The van der Waals surface area contributed by atoms with Crippen molar-refractivity contribution in [2.24, 2.45) is 11.7 Å². The summed E-state index contributed by atoms with van der Waals surface area (Å²) in [5.74, 6) is 0.351. The minimum atomic E-state index is -0.00383. The van der Waals surface area contributed by atoms with Crippen molar-refractivity contribution in [3.8, 4) is 11.3 Å². The summed E-state index contributed by atoms with van der Waals surface area (Å²) in [6.07, 6.45) is 3.92. The number of aromatic nitrogens is 4. The predicted octanol–water partition coefficient (Wildman–Crippen LogP) is 2.04. The number of aromatic amines is 1. The molecule has 6 nitrogen and oxygen atoms in total. The maximum Gasteiger partial charge on any atom is 0.166 e. The Morgan fingerprint density at radius 3 is 2.75 bits per heavy atom. The average molecular weight is 292 g/mol. The molecule has 2 aromatic rings. The van der Waals surface area contributed by atoms with E-state index >= 15 is 0 Å². The van der Waals surface area contributed by atoms with Gasteiger partial charge in [0, 0.05) is 23.4 Å². The molecular weight excluding hydrogens is 278 g/mol. The summed E-state index contributed by atoms with van der Waals surface area (Å²) in [5.41, 5.74) is 7.82. The number of hydrogen-bond acceptors (Lipinski definition) is 5. The van der Waals surface area contributed by atoms with E-state index < -0.39 is 0 Å². The predicted molar refractivity (Wildman–Crippen MR) is 76.6 cm³/mol. The molecule has 0 atom stereocenters. The van der Waals surface area contributed by atoms with Gasteiger partial charge in [-0.15, -0.1) is 0 Å². The van der Waals surface area contributed by atoms with Crippen LogP contribution in [0.2, 0.25) is 5.15 Å². The van der Waals surface area contributed by atoms with Gasteiger partial charge in [0.25, 0.3) is 0 Å². The van der Waals surface area contributed by atoms with Crippen molar-refractivity contribution >= 4 is 23.5 Å². The Morgan fingerprint density at radius 1 is 1.45 bits per heavy atom. The van der Waals surface area contributed by atoms with Crippen LogP contribution in [0.15, 0.2) is 24.2 Å². The average Bonchev–Trinajstić information content (AvgIpc) is 2.91. The van der Waals surface area contributed by atoms with Crippen LogP contribution in [0.4, 0.5) is 0 Å². The first-order chi connectivity index (χ1) is 9.52. The van der Waals surface area contributed by atoms with Crippen molar-refractivity contribution in [1.29, 1.82) is 0 Å². The highest BCUT2D eigenvalue weighted by Crippen LogP contribution is 2.26. The van der Waals surface area contributed by atoms with Gasteiger partial charge in [-0.1, -0.05) is 25.4 Å². The van der Waals surface area contributed by atoms with E-state index in [0.717, 1.165) is 5.56 Å². The lowest BCUT2D eigenvalue weighted by Gasteiger charge is -2.12. The van der Waals surface area contributed by atoms with Gasteiger partial charge in [-0.2, -0.15) is 5.10 Å². The number of allylic oxidation sites excluding steroid dienone is 2. The second-order valence-electron chi connectivity index (χ2n) is 4.53. The second kappa shape index (κ2) is 5.83. The van der Waals surface area contributed by atoms with Crippen LogP contribution in [0.5, 0.6) is 0 Å². The number of nitrogens with one attached hydrogen (secondary N) is 1. The summed E-state index contributed by atoms with van der Waals surface area (Å²) in [6.45, 7) is 3.82. The standard InChI is InChI=1S/C13H14ClN5O/c1-7(2)12(9(15)6-20)13-18-10(3-11(14)19-13)8-4-16-17-5-8/h3-7H,15H2,1-2H3,(H,16,17)/b12-9-. The zero-order chi connectivity index (χ0) is 14.7. The smallest absolute Gasteiger partial charge is 0.166 e. The summed E-state index contributed by atoms with van der Waals surface area (Å²) < 4.78 is 0. The number of nitrogens with zero attached hydrogens (tertiary/aromatic N) is 3. The molecule has 0 fully saturated rings. The lowest BCUT2D eigenvalue weighted by Crippen LogP contribution is -2.10. The van der Waals surface area contributed by atoms with E-state index in [4.69, 9.17) is 17.3 Å². The van der Waals surface area contributed by atoms with E-state index in [2.05, 4.69) is 20.2 Å². The molecule has 7 heteroatoms. The van der Waals surface area contributed by atoms with Crippen molar-refractivity contribution in [1.82, 2.24) is 20.2 Å². The Morgan fingerprint density at radius 2 is 2.20 bits per heavy atom. The van der Waals surface area contributed by atoms with Crippen molar-refractivity contribution < 1.29 is 4.79 Å². The molecule has 2 rings (SSSR count). The molecular formula is C13H14ClN5O. The Hall–Kier alpha value is -2.21. The highest BCUT2D eigenvalue weighted by Gasteiger charge is 2.16. The van der Waals surface area contributed by atoms with E-state index in [1.54, 1.807) is 18.5 Å². The van der Waals surface area contributed by atoms with Crippen LogP contribution >= 0.6 is 11.6 Å². The summed E-state index contributed by atoms with van der Waals surface area (Å²) in [7, 11) is 0. The SMILES string of the molecule is CC(C)/C(=C(/N)C=O)c1nc(Cl)cc(-c2cn[nH]c2)n1.